The molecule has 5 heteroatoms. The SMILES string of the molecule is COc1cc(C)c(C)cc1NC(=O)N1CCN(c2cccc(C)c2C)CC1. The number of nitrogens with one attached hydrogen (secondary N) is 1. The Hall–Kier alpha value is -2.69. The predicted octanol–water partition coefficient (Wildman–Crippen LogP) is 4.28. The first-order valence-electron chi connectivity index (χ1n) is 9.43. The molecule has 0 spiro atoms. The van der Waals surface area contributed by atoms with Gasteiger partial charge in [0.15, 0.2) is 0 Å². The Labute approximate surface area is 161 Å². The largest absolute Gasteiger partial charge is 0.495 e. The number of rotatable bonds is 3. The number of anilines is 2. The number of hydrogen-bond donors (Lipinski definition) is 1. The lowest BCUT2D eigenvalue weighted by Gasteiger charge is -2.37. The van der Waals surface area contributed by atoms with E-state index in [1.54, 1.807) is 7.11 Å². The molecule has 1 aliphatic heterocycles. The van der Waals surface area contributed by atoms with E-state index in [2.05, 4.69) is 42.3 Å². The summed E-state index contributed by atoms with van der Waals surface area (Å²) in [5.41, 5.74) is 6.89. The average molecular weight is 367 g/mol. The van der Waals surface area contributed by atoms with Crippen molar-refractivity contribution in [3.63, 3.8) is 0 Å². The summed E-state index contributed by atoms with van der Waals surface area (Å²) in [6, 6.07) is 10.3. The monoisotopic (exact) mass is 367 g/mol. The predicted molar refractivity (Wildman–Crippen MR) is 111 cm³/mol. The smallest absolute Gasteiger partial charge is 0.322 e. The van der Waals surface area contributed by atoms with Crippen molar-refractivity contribution in [1.82, 2.24) is 4.90 Å². The van der Waals surface area contributed by atoms with Gasteiger partial charge in [-0.15, -0.1) is 0 Å². The molecule has 1 aliphatic rings. The number of carbonyl (C=O) groups excluding carboxylic acids is 1. The molecule has 5 nitrogen and oxygen atoms in total. The number of amides is 2. The number of urea groups is 1. The summed E-state index contributed by atoms with van der Waals surface area (Å²) in [4.78, 5) is 17.0. The number of nitrogens with zero attached hydrogens (tertiary/aromatic N) is 2. The fourth-order valence-electron chi connectivity index (χ4n) is 3.48. The van der Waals surface area contributed by atoms with Crippen molar-refractivity contribution >= 4 is 17.4 Å². The Morgan fingerprint density at radius 1 is 0.963 bits per heavy atom. The van der Waals surface area contributed by atoms with Crippen LogP contribution in [0.5, 0.6) is 5.75 Å². The van der Waals surface area contributed by atoms with Crippen LogP contribution in [0.1, 0.15) is 22.3 Å². The highest BCUT2D eigenvalue weighted by molar-refractivity contribution is 5.91. The zero-order chi connectivity index (χ0) is 19.6. The molecule has 1 heterocycles. The maximum Gasteiger partial charge on any atom is 0.322 e. The van der Waals surface area contributed by atoms with Gasteiger partial charge >= 0.3 is 6.03 Å². The minimum Gasteiger partial charge on any atom is -0.495 e. The van der Waals surface area contributed by atoms with E-state index in [1.165, 1.54) is 16.8 Å². The van der Waals surface area contributed by atoms with Crippen LogP contribution in [-0.2, 0) is 0 Å². The minimum absolute atomic E-state index is 0.0721. The van der Waals surface area contributed by atoms with Crippen LogP contribution in [0.15, 0.2) is 30.3 Å². The number of carbonyl (C=O) groups is 1. The molecule has 1 N–H and O–H groups in total. The summed E-state index contributed by atoms with van der Waals surface area (Å²) in [7, 11) is 1.63. The van der Waals surface area contributed by atoms with Crippen LogP contribution in [0.3, 0.4) is 0 Å². The van der Waals surface area contributed by atoms with Crippen molar-refractivity contribution in [1.29, 1.82) is 0 Å². The van der Waals surface area contributed by atoms with Crippen LogP contribution in [-0.4, -0.2) is 44.2 Å². The Morgan fingerprint density at radius 2 is 1.63 bits per heavy atom. The zero-order valence-electron chi connectivity index (χ0n) is 16.9. The number of piperazine rings is 1. The minimum atomic E-state index is -0.0721. The summed E-state index contributed by atoms with van der Waals surface area (Å²) in [5.74, 6) is 0.695. The van der Waals surface area contributed by atoms with Crippen molar-refractivity contribution in [2.45, 2.75) is 27.7 Å². The van der Waals surface area contributed by atoms with Crippen molar-refractivity contribution in [3.05, 3.63) is 52.6 Å². The highest BCUT2D eigenvalue weighted by Crippen LogP contribution is 2.29. The molecule has 0 radical (unpaired) electrons. The highest BCUT2D eigenvalue weighted by Gasteiger charge is 2.23. The number of aryl methyl sites for hydroxylation is 3. The quantitative estimate of drug-likeness (QED) is 0.880. The summed E-state index contributed by atoms with van der Waals surface area (Å²) < 4.78 is 5.43. The van der Waals surface area contributed by atoms with E-state index < -0.39 is 0 Å². The van der Waals surface area contributed by atoms with Crippen LogP contribution in [0, 0.1) is 27.7 Å². The molecular formula is C22H29N3O2. The third-order valence-corrected chi connectivity index (χ3v) is 5.54. The average Bonchev–Trinajstić information content (AvgIpc) is 2.67. The number of methoxy groups -OCH3 is 1. The van der Waals surface area contributed by atoms with E-state index in [1.807, 2.05) is 30.9 Å². The first-order chi connectivity index (χ1) is 12.9. The van der Waals surface area contributed by atoms with Gasteiger partial charge in [-0.2, -0.15) is 0 Å². The van der Waals surface area contributed by atoms with Gasteiger partial charge in [0.1, 0.15) is 5.75 Å². The molecule has 0 bridgehead atoms. The second-order valence-corrected chi connectivity index (χ2v) is 7.26. The summed E-state index contributed by atoms with van der Waals surface area (Å²) in [6.07, 6.45) is 0. The van der Waals surface area contributed by atoms with Gasteiger partial charge < -0.3 is 19.9 Å². The molecule has 1 fully saturated rings. The molecule has 2 amide bonds. The van der Waals surface area contributed by atoms with Gasteiger partial charge in [0.25, 0.3) is 0 Å². The molecule has 1 saturated heterocycles. The molecular weight excluding hydrogens is 338 g/mol. The molecule has 0 atom stereocenters. The lowest BCUT2D eigenvalue weighted by atomic mass is 10.1. The van der Waals surface area contributed by atoms with Gasteiger partial charge in [0, 0.05) is 31.9 Å². The lowest BCUT2D eigenvalue weighted by molar-refractivity contribution is 0.208. The molecule has 0 aliphatic carbocycles. The van der Waals surface area contributed by atoms with E-state index in [4.69, 9.17) is 4.74 Å². The molecule has 3 rings (SSSR count). The van der Waals surface area contributed by atoms with Gasteiger partial charge in [-0.05, 0) is 68.1 Å². The van der Waals surface area contributed by atoms with Gasteiger partial charge in [-0.3, -0.25) is 0 Å². The molecule has 0 saturated carbocycles. The van der Waals surface area contributed by atoms with E-state index >= 15 is 0 Å². The molecule has 0 aromatic heterocycles. The number of hydrogen-bond acceptors (Lipinski definition) is 3. The summed E-state index contributed by atoms with van der Waals surface area (Å²) >= 11 is 0. The number of ether oxygens (including phenoxy) is 1. The molecule has 0 unspecified atom stereocenters. The van der Waals surface area contributed by atoms with E-state index in [0.29, 0.717) is 18.8 Å². The maximum atomic E-state index is 12.7. The van der Waals surface area contributed by atoms with Crippen LogP contribution >= 0.6 is 0 Å². The second-order valence-electron chi connectivity index (χ2n) is 7.26. The summed E-state index contributed by atoms with van der Waals surface area (Å²) in [6.45, 7) is 11.4. The number of benzene rings is 2. The Morgan fingerprint density at radius 3 is 2.30 bits per heavy atom. The molecule has 2 aromatic rings. The fourth-order valence-corrected chi connectivity index (χ4v) is 3.48. The van der Waals surface area contributed by atoms with E-state index in [9.17, 15) is 4.79 Å². The standard InChI is InChI=1S/C22H29N3O2/c1-15-7-6-8-20(18(15)4)24-9-11-25(12-10-24)22(26)23-19-13-16(2)17(3)14-21(19)27-5/h6-8,13-14H,9-12H2,1-5H3,(H,23,26). The zero-order valence-corrected chi connectivity index (χ0v) is 16.9. The first-order valence-corrected chi connectivity index (χ1v) is 9.43. The lowest BCUT2D eigenvalue weighted by Crippen LogP contribution is -2.50. The Balaban J connectivity index is 1.65. The van der Waals surface area contributed by atoms with Crippen LogP contribution in [0.25, 0.3) is 0 Å². The van der Waals surface area contributed by atoms with Gasteiger partial charge in [-0.1, -0.05) is 12.1 Å². The topological polar surface area (TPSA) is 44.8 Å². The van der Waals surface area contributed by atoms with Gasteiger partial charge in [0.2, 0.25) is 0 Å². The second kappa shape index (κ2) is 7.91. The highest BCUT2D eigenvalue weighted by atomic mass is 16.5. The van der Waals surface area contributed by atoms with Crippen molar-refractivity contribution < 1.29 is 9.53 Å². The summed E-state index contributed by atoms with van der Waals surface area (Å²) in [5, 5.41) is 3.02. The fraction of sp³-hybridized carbons (Fsp3) is 0.409. The van der Waals surface area contributed by atoms with Crippen molar-refractivity contribution in [2.75, 3.05) is 43.5 Å². The first kappa shape index (κ1) is 19.1. The van der Waals surface area contributed by atoms with E-state index in [0.717, 1.165) is 29.9 Å². The third kappa shape index (κ3) is 4.02. The van der Waals surface area contributed by atoms with Gasteiger partial charge in [0.05, 0.1) is 12.8 Å². The van der Waals surface area contributed by atoms with Crippen LogP contribution < -0.4 is 15.0 Å². The third-order valence-electron chi connectivity index (χ3n) is 5.54. The van der Waals surface area contributed by atoms with Gasteiger partial charge in [-0.25, -0.2) is 4.79 Å². The Bertz CT molecular complexity index is 840. The normalized spacial score (nSPS) is 14.3. The van der Waals surface area contributed by atoms with Crippen LogP contribution in [0.2, 0.25) is 0 Å². The molecule has 144 valence electrons. The molecule has 2 aromatic carbocycles. The maximum absolute atomic E-state index is 12.7. The van der Waals surface area contributed by atoms with E-state index in [-0.39, 0.29) is 6.03 Å². The van der Waals surface area contributed by atoms with Crippen LogP contribution in [0.4, 0.5) is 16.2 Å². The Kier molecular flexibility index (Phi) is 5.59. The molecule has 27 heavy (non-hydrogen) atoms. The van der Waals surface area contributed by atoms with Crippen molar-refractivity contribution in [3.8, 4) is 5.75 Å². The van der Waals surface area contributed by atoms with Crippen molar-refractivity contribution in [2.24, 2.45) is 0 Å².